The predicted molar refractivity (Wildman–Crippen MR) is 104 cm³/mol. The van der Waals surface area contributed by atoms with Crippen LogP contribution < -0.4 is 10.1 Å². The highest BCUT2D eigenvalue weighted by Crippen LogP contribution is 2.24. The van der Waals surface area contributed by atoms with E-state index in [0.29, 0.717) is 5.13 Å². The van der Waals surface area contributed by atoms with Gasteiger partial charge in [-0.2, -0.15) is 8.78 Å². The smallest absolute Gasteiger partial charge is 0.387 e. The molecule has 3 rings (SSSR count). The number of carbonyl (C=O) groups excluding carboxylic acids is 2. The SMILES string of the molecule is CC(OC(=O)c1ccc(OC(F)F)cc1)C(=O)Nc1nc(-c2ccccc2)cs1. The number of nitrogens with zero attached hydrogens (tertiary/aromatic N) is 1. The van der Waals surface area contributed by atoms with Gasteiger partial charge in [-0.15, -0.1) is 11.3 Å². The van der Waals surface area contributed by atoms with Crippen molar-refractivity contribution in [2.75, 3.05) is 5.32 Å². The Labute approximate surface area is 169 Å². The number of rotatable bonds is 7. The summed E-state index contributed by atoms with van der Waals surface area (Å²) < 4.78 is 33.6. The molecule has 0 radical (unpaired) electrons. The maximum absolute atomic E-state index is 12.3. The molecule has 3 aromatic rings. The summed E-state index contributed by atoms with van der Waals surface area (Å²) in [5, 5.41) is 4.80. The number of hydrogen-bond acceptors (Lipinski definition) is 6. The molecule has 1 heterocycles. The van der Waals surface area contributed by atoms with E-state index in [-0.39, 0.29) is 11.3 Å². The summed E-state index contributed by atoms with van der Waals surface area (Å²) in [5.74, 6) is -1.38. The minimum absolute atomic E-state index is 0.0830. The molecular weight excluding hydrogens is 402 g/mol. The lowest BCUT2D eigenvalue weighted by Crippen LogP contribution is -2.29. The third kappa shape index (κ3) is 5.58. The second kappa shape index (κ2) is 9.24. The van der Waals surface area contributed by atoms with Gasteiger partial charge in [-0.1, -0.05) is 30.3 Å². The Hall–Kier alpha value is -3.33. The van der Waals surface area contributed by atoms with Crippen LogP contribution in [-0.2, 0) is 9.53 Å². The Morgan fingerprint density at radius 1 is 1.07 bits per heavy atom. The van der Waals surface area contributed by atoms with Gasteiger partial charge >= 0.3 is 12.6 Å². The second-order valence-corrected chi connectivity index (χ2v) is 6.70. The Balaban J connectivity index is 1.56. The Kier molecular flexibility index (Phi) is 6.50. The van der Waals surface area contributed by atoms with E-state index in [9.17, 15) is 18.4 Å². The molecule has 0 aliphatic rings. The maximum Gasteiger partial charge on any atom is 0.387 e. The lowest BCUT2D eigenvalue weighted by molar-refractivity contribution is -0.123. The van der Waals surface area contributed by atoms with Crippen molar-refractivity contribution in [3.05, 3.63) is 65.5 Å². The molecule has 1 amide bonds. The van der Waals surface area contributed by atoms with Crippen LogP contribution >= 0.6 is 11.3 Å². The van der Waals surface area contributed by atoms with Crippen molar-refractivity contribution in [2.45, 2.75) is 19.6 Å². The van der Waals surface area contributed by atoms with Gasteiger partial charge < -0.3 is 9.47 Å². The van der Waals surface area contributed by atoms with Crippen molar-refractivity contribution in [3.8, 4) is 17.0 Å². The summed E-state index contributed by atoms with van der Waals surface area (Å²) in [5.41, 5.74) is 1.75. The van der Waals surface area contributed by atoms with E-state index in [1.165, 1.54) is 42.5 Å². The van der Waals surface area contributed by atoms with Crippen molar-refractivity contribution in [1.29, 1.82) is 0 Å². The average Bonchev–Trinajstić information content (AvgIpc) is 3.17. The normalized spacial score (nSPS) is 11.7. The first kappa shape index (κ1) is 20.4. The number of esters is 1. The number of carbonyl (C=O) groups is 2. The van der Waals surface area contributed by atoms with Crippen molar-refractivity contribution in [1.82, 2.24) is 4.98 Å². The third-order valence-corrected chi connectivity index (χ3v) is 4.53. The molecule has 1 aromatic heterocycles. The highest BCUT2D eigenvalue weighted by Gasteiger charge is 2.20. The number of benzene rings is 2. The van der Waals surface area contributed by atoms with Crippen molar-refractivity contribution in [3.63, 3.8) is 0 Å². The topological polar surface area (TPSA) is 77.5 Å². The van der Waals surface area contributed by atoms with Gasteiger partial charge in [0.25, 0.3) is 5.91 Å². The summed E-state index contributed by atoms with van der Waals surface area (Å²) in [6.07, 6.45) is -1.08. The molecule has 150 valence electrons. The number of hydrogen-bond donors (Lipinski definition) is 1. The highest BCUT2D eigenvalue weighted by atomic mass is 32.1. The zero-order valence-electron chi connectivity index (χ0n) is 15.2. The molecule has 2 aromatic carbocycles. The number of thiazole rings is 1. The van der Waals surface area contributed by atoms with Gasteiger partial charge in [0.2, 0.25) is 0 Å². The monoisotopic (exact) mass is 418 g/mol. The lowest BCUT2D eigenvalue weighted by Gasteiger charge is -2.12. The Morgan fingerprint density at radius 2 is 1.76 bits per heavy atom. The molecule has 1 N–H and O–H groups in total. The molecule has 29 heavy (non-hydrogen) atoms. The molecule has 1 atom stereocenters. The summed E-state index contributed by atoms with van der Waals surface area (Å²) in [4.78, 5) is 28.8. The first-order chi connectivity index (χ1) is 13.9. The lowest BCUT2D eigenvalue weighted by atomic mass is 10.2. The van der Waals surface area contributed by atoms with Crippen LogP contribution in [0.5, 0.6) is 5.75 Å². The maximum atomic E-state index is 12.3. The van der Waals surface area contributed by atoms with Gasteiger partial charge in [0, 0.05) is 10.9 Å². The fourth-order valence-electron chi connectivity index (χ4n) is 2.33. The second-order valence-electron chi connectivity index (χ2n) is 5.84. The van der Waals surface area contributed by atoms with Crippen LogP contribution in [0.1, 0.15) is 17.3 Å². The van der Waals surface area contributed by atoms with Crippen LogP contribution in [0.25, 0.3) is 11.3 Å². The molecule has 6 nitrogen and oxygen atoms in total. The van der Waals surface area contributed by atoms with E-state index in [4.69, 9.17) is 4.74 Å². The minimum atomic E-state index is -2.95. The number of ether oxygens (including phenoxy) is 2. The quantitative estimate of drug-likeness (QED) is 0.568. The zero-order valence-corrected chi connectivity index (χ0v) is 16.0. The molecule has 0 aliphatic heterocycles. The fourth-order valence-corrected chi connectivity index (χ4v) is 3.06. The van der Waals surface area contributed by atoms with Crippen LogP contribution in [-0.4, -0.2) is 29.6 Å². The van der Waals surface area contributed by atoms with Crippen molar-refractivity contribution >= 4 is 28.3 Å². The number of alkyl halides is 2. The molecule has 1 unspecified atom stereocenters. The van der Waals surface area contributed by atoms with E-state index < -0.39 is 24.6 Å². The number of aromatic nitrogens is 1. The van der Waals surface area contributed by atoms with E-state index in [1.54, 1.807) is 0 Å². The van der Waals surface area contributed by atoms with Gasteiger partial charge in [-0.25, -0.2) is 9.78 Å². The van der Waals surface area contributed by atoms with Gasteiger partial charge in [-0.05, 0) is 31.2 Å². The van der Waals surface area contributed by atoms with E-state index in [0.717, 1.165) is 11.3 Å². The first-order valence-corrected chi connectivity index (χ1v) is 9.38. The predicted octanol–water partition coefficient (Wildman–Crippen LogP) is 4.60. The molecule has 0 saturated heterocycles. The van der Waals surface area contributed by atoms with Crippen molar-refractivity contribution in [2.24, 2.45) is 0 Å². The number of halogens is 2. The molecule has 0 spiro atoms. The van der Waals surface area contributed by atoms with Crippen LogP contribution in [0.15, 0.2) is 60.0 Å². The molecule has 0 bridgehead atoms. The summed E-state index contributed by atoms with van der Waals surface area (Å²) in [6, 6.07) is 14.5. The van der Waals surface area contributed by atoms with Crippen LogP contribution in [0, 0.1) is 0 Å². The highest BCUT2D eigenvalue weighted by molar-refractivity contribution is 7.14. The molecule has 9 heteroatoms. The minimum Gasteiger partial charge on any atom is -0.449 e. The number of nitrogens with one attached hydrogen (secondary N) is 1. The molecule has 0 fully saturated rings. The summed E-state index contributed by atoms with van der Waals surface area (Å²) in [7, 11) is 0. The molecular formula is C20H16F2N2O4S. The zero-order chi connectivity index (χ0) is 20.8. The molecule has 0 aliphatic carbocycles. The van der Waals surface area contributed by atoms with E-state index in [1.807, 2.05) is 35.7 Å². The average molecular weight is 418 g/mol. The summed E-state index contributed by atoms with van der Waals surface area (Å²) in [6.45, 7) is -1.53. The van der Waals surface area contributed by atoms with Gasteiger partial charge in [0.05, 0.1) is 11.3 Å². The summed E-state index contributed by atoms with van der Waals surface area (Å²) >= 11 is 1.25. The van der Waals surface area contributed by atoms with E-state index >= 15 is 0 Å². The number of amides is 1. The van der Waals surface area contributed by atoms with E-state index in [2.05, 4.69) is 15.0 Å². The third-order valence-electron chi connectivity index (χ3n) is 3.77. The fraction of sp³-hybridized carbons (Fsp3) is 0.150. The molecule has 0 saturated carbocycles. The van der Waals surface area contributed by atoms with Crippen LogP contribution in [0.4, 0.5) is 13.9 Å². The van der Waals surface area contributed by atoms with Crippen LogP contribution in [0.3, 0.4) is 0 Å². The standard InChI is InChI=1S/C20H16F2N2O4S/c1-12(27-18(26)14-7-9-15(10-8-14)28-19(21)22)17(25)24-20-23-16(11-29-20)13-5-3-2-4-6-13/h2-12,19H,1H3,(H,23,24,25). The van der Waals surface area contributed by atoms with Gasteiger partial charge in [0.1, 0.15) is 5.75 Å². The van der Waals surface area contributed by atoms with Crippen LogP contribution in [0.2, 0.25) is 0 Å². The Bertz CT molecular complexity index is 978. The number of anilines is 1. The van der Waals surface area contributed by atoms with Gasteiger partial charge in [0.15, 0.2) is 11.2 Å². The first-order valence-electron chi connectivity index (χ1n) is 8.50. The van der Waals surface area contributed by atoms with Crippen molar-refractivity contribution < 1.29 is 27.8 Å². The van der Waals surface area contributed by atoms with Gasteiger partial charge in [-0.3, -0.25) is 10.1 Å². The Morgan fingerprint density at radius 3 is 2.41 bits per heavy atom. The largest absolute Gasteiger partial charge is 0.449 e.